The molecule has 2 atom stereocenters. The summed E-state index contributed by atoms with van der Waals surface area (Å²) < 4.78 is 13.5. The normalized spacial score (nSPS) is 22.4. The summed E-state index contributed by atoms with van der Waals surface area (Å²) in [4.78, 5) is 0. The van der Waals surface area contributed by atoms with Gasteiger partial charge in [0.05, 0.1) is 0 Å². The zero-order valence-corrected chi connectivity index (χ0v) is 11.3. The topological polar surface area (TPSA) is 12.0 Å². The third-order valence-corrected chi connectivity index (χ3v) is 4.78. The van der Waals surface area contributed by atoms with Gasteiger partial charge in [-0.3, -0.25) is 0 Å². The number of rotatable bonds is 3. The lowest BCUT2D eigenvalue weighted by Gasteiger charge is -2.30. The van der Waals surface area contributed by atoms with E-state index in [2.05, 4.69) is 11.4 Å². The summed E-state index contributed by atoms with van der Waals surface area (Å²) in [6.45, 7) is 1.95. The molecule has 0 amide bonds. The second-order valence-corrected chi connectivity index (χ2v) is 6.08. The Morgan fingerprint density at radius 1 is 1.35 bits per heavy atom. The molecule has 0 radical (unpaired) electrons. The van der Waals surface area contributed by atoms with Crippen LogP contribution in [0.1, 0.15) is 36.4 Å². The SMILES string of the molecule is CNC(c1cc(C)cc(F)c1)C1CCCCS1. The summed E-state index contributed by atoms with van der Waals surface area (Å²) in [5, 5.41) is 3.93. The molecule has 0 saturated carbocycles. The molecule has 1 aliphatic rings. The predicted molar refractivity (Wildman–Crippen MR) is 73.0 cm³/mol. The number of halogens is 1. The minimum Gasteiger partial charge on any atom is -0.312 e. The van der Waals surface area contributed by atoms with Crippen molar-refractivity contribution in [3.8, 4) is 0 Å². The van der Waals surface area contributed by atoms with Crippen molar-refractivity contribution in [3.05, 3.63) is 35.1 Å². The van der Waals surface area contributed by atoms with Gasteiger partial charge in [0.25, 0.3) is 0 Å². The maximum absolute atomic E-state index is 13.5. The van der Waals surface area contributed by atoms with Gasteiger partial charge in [0, 0.05) is 11.3 Å². The molecule has 0 bridgehead atoms. The van der Waals surface area contributed by atoms with Gasteiger partial charge in [0.2, 0.25) is 0 Å². The minimum atomic E-state index is -0.124. The van der Waals surface area contributed by atoms with Crippen LogP contribution < -0.4 is 5.32 Å². The van der Waals surface area contributed by atoms with Crippen molar-refractivity contribution >= 4 is 11.8 Å². The van der Waals surface area contributed by atoms with Gasteiger partial charge >= 0.3 is 0 Å². The number of aryl methyl sites for hydroxylation is 1. The molecule has 0 aromatic heterocycles. The van der Waals surface area contributed by atoms with Gasteiger partial charge in [0.15, 0.2) is 0 Å². The first-order chi connectivity index (χ1) is 8.20. The summed E-state index contributed by atoms with van der Waals surface area (Å²) in [6, 6.07) is 5.63. The van der Waals surface area contributed by atoms with Crippen LogP contribution in [0.3, 0.4) is 0 Å². The van der Waals surface area contributed by atoms with E-state index in [9.17, 15) is 4.39 Å². The third-order valence-electron chi connectivity index (χ3n) is 3.32. The lowest BCUT2D eigenvalue weighted by molar-refractivity contribution is 0.512. The van der Waals surface area contributed by atoms with Crippen LogP contribution in [-0.4, -0.2) is 18.1 Å². The number of nitrogens with one attached hydrogen (secondary N) is 1. The van der Waals surface area contributed by atoms with Gasteiger partial charge in [-0.1, -0.05) is 12.5 Å². The molecule has 1 aromatic rings. The van der Waals surface area contributed by atoms with E-state index < -0.39 is 0 Å². The first kappa shape index (κ1) is 12.9. The lowest BCUT2D eigenvalue weighted by atomic mass is 9.98. The summed E-state index contributed by atoms with van der Waals surface area (Å²) in [6.07, 6.45) is 3.84. The highest BCUT2D eigenvalue weighted by Gasteiger charge is 2.24. The van der Waals surface area contributed by atoms with Crippen molar-refractivity contribution < 1.29 is 4.39 Å². The Bertz CT molecular complexity index is 354. The smallest absolute Gasteiger partial charge is 0.123 e. The highest BCUT2D eigenvalue weighted by atomic mass is 32.2. The molecule has 1 saturated heterocycles. The fourth-order valence-corrected chi connectivity index (χ4v) is 4.03. The van der Waals surface area contributed by atoms with E-state index in [1.165, 1.54) is 25.0 Å². The van der Waals surface area contributed by atoms with E-state index in [1.807, 2.05) is 25.7 Å². The van der Waals surface area contributed by atoms with Gasteiger partial charge < -0.3 is 5.32 Å². The lowest BCUT2D eigenvalue weighted by Crippen LogP contribution is -2.29. The summed E-state index contributed by atoms with van der Waals surface area (Å²) >= 11 is 2.02. The minimum absolute atomic E-state index is 0.124. The van der Waals surface area contributed by atoms with Gasteiger partial charge in [-0.05, 0) is 55.8 Å². The molecule has 2 rings (SSSR count). The predicted octanol–water partition coefficient (Wildman–Crippen LogP) is 3.68. The Labute approximate surface area is 107 Å². The Balaban J connectivity index is 2.21. The van der Waals surface area contributed by atoms with Crippen molar-refractivity contribution in [2.45, 2.75) is 37.5 Å². The van der Waals surface area contributed by atoms with Crippen LogP contribution in [-0.2, 0) is 0 Å². The zero-order chi connectivity index (χ0) is 12.3. The molecule has 1 fully saturated rings. The molecule has 1 heterocycles. The molecular formula is C14H20FNS. The summed E-state index contributed by atoms with van der Waals surface area (Å²) in [5.74, 6) is 1.11. The zero-order valence-electron chi connectivity index (χ0n) is 10.5. The molecular weight excluding hydrogens is 233 g/mol. The van der Waals surface area contributed by atoms with Gasteiger partial charge in [-0.2, -0.15) is 11.8 Å². The number of hydrogen-bond donors (Lipinski definition) is 1. The van der Waals surface area contributed by atoms with E-state index in [1.54, 1.807) is 12.1 Å². The number of thioether (sulfide) groups is 1. The van der Waals surface area contributed by atoms with E-state index in [0.717, 1.165) is 11.1 Å². The maximum Gasteiger partial charge on any atom is 0.123 e. The highest BCUT2D eigenvalue weighted by molar-refractivity contribution is 8.00. The highest BCUT2D eigenvalue weighted by Crippen LogP contribution is 2.35. The van der Waals surface area contributed by atoms with Gasteiger partial charge in [-0.25, -0.2) is 4.39 Å². The van der Waals surface area contributed by atoms with E-state index in [0.29, 0.717) is 5.25 Å². The molecule has 0 aliphatic carbocycles. The fourth-order valence-electron chi connectivity index (χ4n) is 2.54. The van der Waals surface area contributed by atoms with E-state index >= 15 is 0 Å². The first-order valence-electron chi connectivity index (χ1n) is 6.26. The second-order valence-electron chi connectivity index (χ2n) is 4.73. The quantitative estimate of drug-likeness (QED) is 0.882. The van der Waals surface area contributed by atoms with Crippen LogP contribution >= 0.6 is 11.8 Å². The fraction of sp³-hybridized carbons (Fsp3) is 0.571. The largest absolute Gasteiger partial charge is 0.312 e. The number of hydrogen-bond acceptors (Lipinski definition) is 2. The maximum atomic E-state index is 13.5. The Kier molecular flexibility index (Phi) is 4.46. The molecule has 94 valence electrons. The van der Waals surface area contributed by atoms with Crippen LogP contribution in [0.15, 0.2) is 18.2 Å². The van der Waals surface area contributed by atoms with Crippen molar-refractivity contribution in [3.63, 3.8) is 0 Å². The van der Waals surface area contributed by atoms with Crippen LogP contribution in [0.5, 0.6) is 0 Å². The third kappa shape index (κ3) is 3.23. The average molecular weight is 253 g/mol. The summed E-state index contributed by atoms with van der Waals surface area (Å²) in [5.41, 5.74) is 2.09. The van der Waals surface area contributed by atoms with Crippen molar-refractivity contribution in [2.75, 3.05) is 12.8 Å². The van der Waals surface area contributed by atoms with Crippen LogP contribution in [0, 0.1) is 12.7 Å². The molecule has 1 nitrogen and oxygen atoms in total. The van der Waals surface area contributed by atoms with Gasteiger partial charge in [0.1, 0.15) is 5.82 Å². The average Bonchev–Trinajstić information content (AvgIpc) is 2.30. The van der Waals surface area contributed by atoms with E-state index in [-0.39, 0.29) is 11.9 Å². The second kappa shape index (κ2) is 5.87. The van der Waals surface area contributed by atoms with Crippen molar-refractivity contribution in [1.29, 1.82) is 0 Å². The van der Waals surface area contributed by atoms with Crippen LogP contribution in [0.25, 0.3) is 0 Å². The van der Waals surface area contributed by atoms with E-state index in [4.69, 9.17) is 0 Å². The molecule has 17 heavy (non-hydrogen) atoms. The number of benzene rings is 1. The molecule has 1 aliphatic heterocycles. The summed E-state index contributed by atoms with van der Waals surface area (Å²) in [7, 11) is 1.97. The van der Waals surface area contributed by atoms with Gasteiger partial charge in [-0.15, -0.1) is 0 Å². The Hall–Kier alpha value is -0.540. The standard InChI is InChI=1S/C14H20FNS/c1-10-7-11(9-12(15)8-10)14(16-2)13-5-3-4-6-17-13/h7-9,13-14,16H,3-6H2,1-2H3. The Morgan fingerprint density at radius 2 is 2.18 bits per heavy atom. The first-order valence-corrected chi connectivity index (χ1v) is 7.31. The molecule has 1 N–H and O–H groups in total. The van der Waals surface area contributed by atoms with Crippen molar-refractivity contribution in [2.24, 2.45) is 0 Å². The molecule has 0 spiro atoms. The monoisotopic (exact) mass is 253 g/mol. The molecule has 1 aromatic carbocycles. The van der Waals surface area contributed by atoms with Crippen LogP contribution in [0.4, 0.5) is 4.39 Å². The van der Waals surface area contributed by atoms with Crippen LogP contribution in [0.2, 0.25) is 0 Å². The molecule has 2 unspecified atom stereocenters. The van der Waals surface area contributed by atoms with Crippen molar-refractivity contribution in [1.82, 2.24) is 5.32 Å². The molecule has 3 heteroatoms. The Morgan fingerprint density at radius 3 is 2.76 bits per heavy atom.